The molecule has 6 heteroatoms. The van der Waals surface area contributed by atoms with E-state index in [9.17, 15) is 0 Å². The first kappa shape index (κ1) is 13.9. The number of ether oxygens (including phenoxy) is 1. The lowest BCUT2D eigenvalue weighted by Gasteiger charge is -2.07. The summed E-state index contributed by atoms with van der Waals surface area (Å²) in [6.07, 6.45) is 2.73. The summed E-state index contributed by atoms with van der Waals surface area (Å²) in [5, 5.41) is 7.62. The van der Waals surface area contributed by atoms with E-state index in [1.807, 2.05) is 36.5 Å². The molecule has 0 bridgehead atoms. The molecule has 0 radical (unpaired) electrons. The smallest absolute Gasteiger partial charge is 0.243 e. The molecule has 1 N–H and O–H groups in total. The maximum atomic E-state index is 5.34. The zero-order valence-corrected chi connectivity index (χ0v) is 13.2. The van der Waals surface area contributed by atoms with E-state index in [0.717, 1.165) is 28.8 Å². The van der Waals surface area contributed by atoms with Crippen LogP contribution in [-0.4, -0.2) is 28.3 Å². The molecule has 0 spiro atoms. The molecular weight excluding hydrogens is 332 g/mol. The molecule has 0 aliphatic carbocycles. The number of halogens is 1. The Labute approximate surface area is 131 Å². The highest BCUT2D eigenvalue weighted by molar-refractivity contribution is 9.10. The average Bonchev–Trinajstić information content (AvgIpc) is 2.89. The van der Waals surface area contributed by atoms with Crippen molar-refractivity contribution in [2.24, 2.45) is 0 Å². The number of pyridine rings is 1. The summed E-state index contributed by atoms with van der Waals surface area (Å²) in [4.78, 5) is 4.42. The van der Waals surface area contributed by atoms with Crippen molar-refractivity contribution in [3.63, 3.8) is 0 Å². The molecular formula is C15H15BrN4O. The molecule has 5 nitrogen and oxygen atoms in total. The van der Waals surface area contributed by atoms with Gasteiger partial charge in [0.2, 0.25) is 5.95 Å². The van der Waals surface area contributed by atoms with Crippen molar-refractivity contribution in [2.75, 3.05) is 19.0 Å². The van der Waals surface area contributed by atoms with Gasteiger partial charge in [0.1, 0.15) is 5.75 Å². The van der Waals surface area contributed by atoms with Crippen LogP contribution in [0.1, 0.15) is 5.56 Å². The van der Waals surface area contributed by atoms with Crippen LogP contribution >= 0.6 is 15.9 Å². The Kier molecular flexibility index (Phi) is 4.06. The maximum absolute atomic E-state index is 5.34. The van der Waals surface area contributed by atoms with Crippen LogP contribution in [-0.2, 0) is 6.42 Å². The number of aromatic nitrogens is 3. The lowest BCUT2D eigenvalue weighted by Crippen LogP contribution is -2.07. The van der Waals surface area contributed by atoms with Gasteiger partial charge in [-0.2, -0.15) is 4.98 Å². The Balaban J connectivity index is 1.66. The highest BCUT2D eigenvalue weighted by Gasteiger charge is 2.05. The van der Waals surface area contributed by atoms with Crippen molar-refractivity contribution in [3.05, 3.63) is 52.6 Å². The molecule has 0 atom stereocenters. The van der Waals surface area contributed by atoms with E-state index in [2.05, 4.69) is 37.4 Å². The largest absolute Gasteiger partial charge is 0.496 e. The number of hydrogen-bond donors (Lipinski definition) is 1. The van der Waals surface area contributed by atoms with E-state index < -0.39 is 0 Å². The Hall–Kier alpha value is -2.08. The van der Waals surface area contributed by atoms with Gasteiger partial charge in [-0.15, -0.1) is 5.10 Å². The zero-order chi connectivity index (χ0) is 14.7. The predicted molar refractivity (Wildman–Crippen MR) is 85.9 cm³/mol. The average molecular weight is 347 g/mol. The fourth-order valence-corrected chi connectivity index (χ4v) is 2.48. The Morgan fingerprint density at radius 1 is 1.24 bits per heavy atom. The van der Waals surface area contributed by atoms with Gasteiger partial charge in [-0.25, -0.2) is 4.52 Å². The SMILES string of the molecule is COc1ccccc1CCNc1nc2ccc(Br)cn2n1. The minimum atomic E-state index is 0.628. The van der Waals surface area contributed by atoms with Gasteiger partial charge < -0.3 is 10.1 Å². The molecule has 0 unspecified atom stereocenters. The van der Waals surface area contributed by atoms with Crippen LogP contribution in [0.3, 0.4) is 0 Å². The topological polar surface area (TPSA) is 51.5 Å². The number of nitrogens with one attached hydrogen (secondary N) is 1. The first-order valence-corrected chi connectivity index (χ1v) is 7.43. The molecule has 2 heterocycles. The fourth-order valence-electron chi connectivity index (χ4n) is 2.15. The van der Waals surface area contributed by atoms with Crippen molar-refractivity contribution in [3.8, 4) is 5.75 Å². The standard InChI is InChI=1S/C15H15BrN4O/c1-21-13-5-3-2-4-11(13)8-9-17-15-18-14-7-6-12(16)10-20(14)19-15/h2-7,10H,8-9H2,1H3,(H,17,19). The highest BCUT2D eigenvalue weighted by atomic mass is 79.9. The number of nitrogens with zero attached hydrogens (tertiary/aromatic N) is 3. The Morgan fingerprint density at radius 2 is 2.10 bits per heavy atom. The third-order valence-corrected chi connectivity index (χ3v) is 3.63. The van der Waals surface area contributed by atoms with E-state index in [-0.39, 0.29) is 0 Å². The lowest BCUT2D eigenvalue weighted by atomic mass is 10.1. The third kappa shape index (κ3) is 3.16. The molecule has 3 rings (SSSR count). The quantitative estimate of drug-likeness (QED) is 0.770. The van der Waals surface area contributed by atoms with Crippen molar-refractivity contribution < 1.29 is 4.74 Å². The van der Waals surface area contributed by atoms with Crippen LogP contribution in [0.4, 0.5) is 5.95 Å². The molecule has 0 amide bonds. The molecule has 0 aliphatic heterocycles. The van der Waals surface area contributed by atoms with Crippen LogP contribution in [0, 0.1) is 0 Å². The first-order valence-electron chi connectivity index (χ1n) is 6.64. The van der Waals surface area contributed by atoms with E-state index in [1.54, 1.807) is 11.6 Å². The summed E-state index contributed by atoms with van der Waals surface area (Å²) < 4.78 is 8.06. The van der Waals surface area contributed by atoms with Gasteiger partial charge in [0.15, 0.2) is 5.65 Å². The number of anilines is 1. The van der Waals surface area contributed by atoms with Crippen molar-refractivity contribution in [1.82, 2.24) is 14.6 Å². The summed E-state index contributed by atoms with van der Waals surface area (Å²) in [7, 11) is 1.69. The zero-order valence-electron chi connectivity index (χ0n) is 11.6. The second-order valence-electron chi connectivity index (χ2n) is 4.57. The molecule has 0 fully saturated rings. The van der Waals surface area contributed by atoms with E-state index >= 15 is 0 Å². The highest BCUT2D eigenvalue weighted by Crippen LogP contribution is 2.18. The number of hydrogen-bond acceptors (Lipinski definition) is 4. The van der Waals surface area contributed by atoms with Crippen molar-refractivity contribution >= 4 is 27.5 Å². The Bertz CT molecular complexity index is 756. The summed E-state index contributed by atoms with van der Waals surface area (Å²) in [6, 6.07) is 11.9. The lowest BCUT2D eigenvalue weighted by molar-refractivity contribution is 0.410. The first-order chi connectivity index (χ1) is 10.3. The molecule has 3 aromatic rings. The van der Waals surface area contributed by atoms with Gasteiger partial charge in [0.25, 0.3) is 0 Å². The van der Waals surface area contributed by atoms with E-state index in [4.69, 9.17) is 4.74 Å². The van der Waals surface area contributed by atoms with Gasteiger partial charge in [0, 0.05) is 17.2 Å². The minimum absolute atomic E-state index is 0.628. The molecule has 108 valence electrons. The number of rotatable bonds is 5. The minimum Gasteiger partial charge on any atom is -0.496 e. The van der Waals surface area contributed by atoms with Crippen LogP contribution < -0.4 is 10.1 Å². The maximum Gasteiger partial charge on any atom is 0.243 e. The molecule has 21 heavy (non-hydrogen) atoms. The normalized spacial score (nSPS) is 10.8. The predicted octanol–water partition coefficient (Wildman–Crippen LogP) is 3.16. The molecule has 0 saturated carbocycles. The van der Waals surface area contributed by atoms with E-state index in [1.165, 1.54) is 5.56 Å². The third-order valence-electron chi connectivity index (χ3n) is 3.16. The van der Waals surface area contributed by atoms with Crippen LogP contribution in [0.15, 0.2) is 47.1 Å². The molecule has 2 aromatic heterocycles. The van der Waals surface area contributed by atoms with Crippen molar-refractivity contribution in [1.29, 1.82) is 0 Å². The molecule has 0 saturated heterocycles. The summed E-state index contributed by atoms with van der Waals surface area (Å²) in [6.45, 7) is 0.748. The van der Waals surface area contributed by atoms with Gasteiger partial charge in [-0.3, -0.25) is 0 Å². The number of methoxy groups -OCH3 is 1. The van der Waals surface area contributed by atoms with Crippen LogP contribution in [0.5, 0.6) is 5.75 Å². The van der Waals surface area contributed by atoms with Crippen molar-refractivity contribution in [2.45, 2.75) is 6.42 Å². The van der Waals surface area contributed by atoms with Crippen LogP contribution in [0.25, 0.3) is 5.65 Å². The van der Waals surface area contributed by atoms with Crippen LogP contribution in [0.2, 0.25) is 0 Å². The van der Waals surface area contributed by atoms with Gasteiger partial charge in [-0.1, -0.05) is 18.2 Å². The Morgan fingerprint density at radius 3 is 2.95 bits per heavy atom. The molecule has 0 aliphatic rings. The summed E-state index contributed by atoms with van der Waals surface area (Å²) in [5.74, 6) is 1.54. The summed E-state index contributed by atoms with van der Waals surface area (Å²) >= 11 is 3.42. The number of fused-ring (bicyclic) bond motifs is 1. The van der Waals surface area contributed by atoms with Gasteiger partial charge >= 0.3 is 0 Å². The molecule has 1 aromatic carbocycles. The fraction of sp³-hybridized carbons (Fsp3) is 0.200. The monoisotopic (exact) mass is 346 g/mol. The number of para-hydroxylation sites is 1. The van der Waals surface area contributed by atoms with E-state index in [0.29, 0.717) is 5.95 Å². The second-order valence-corrected chi connectivity index (χ2v) is 5.49. The number of benzene rings is 1. The summed E-state index contributed by atoms with van der Waals surface area (Å²) in [5.41, 5.74) is 1.98. The van der Waals surface area contributed by atoms with Gasteiger partial charge in [-0.05, 0) is 46.1 Å². The van der Waals surface area contributed by atoms with Gasteiger partial charge in [0.05, 0.1) is 7.11 Å². The second kappa shape index (κ2) is 6.13.